The van der Waals surface area contributed by atoms with Crippen molar-refractivity contribution in [1.29, 1.82) is 0 Å². The number of fused-ring (bicyclic) bond motifs is 1. The van der Waals surface area contributed by atoms with E-state index in [1.807, 2.05) is 6.92 Å². The third kappa shape index (κ3) is 4.54. The predicted octanol–water partition coefficient (Wildman–Crippen LogP) is 2.53. The molecule has 0 saturated carbocycles. The molecule has 2 rings (SSSR count). The van der Waals surface area contributed by atoms with Crippen molar-refractivity contribution in [3.05, 3.63) is 36.0 Å². The van der Waals surface area contributed by atoms with Crippen LogP contribution in [0.5, 0.6) is 0 Å². The zero-order valence-corrected chi connectivity index (χ0v) is 16.2. The molecule has 0 bridgehead atoms. The lowest BCUT2D eigenvalue weighted by molar-refractivity contribution is -0.126. The summed E-state index contributed by atoms with van der Waals surface area (Å²) in [7, 11) is 0. The Morgan fingerprint density at radius 3 is 2.69 bits per heavy atom. The monoisotopic (exact) mass is 362 g/mol. The number of benzene rings is 1. The van der Waals surface area contributed by atoms with Gasteiger partial charge < -0.3 is 16.0 Å². The normalized spacial score (nSPS) is 16.9. The van der Waals surface area contributed by atoms with Crippen molar-refractivity contribution in [2.24, 2.45) is 11.1 Å². The summed E-state index contributed by atoms with van der Waals surface area (Å²) in [6.45, 7) is 10.9. The van der Waals surface area contributed by atoms with Gasteiger partial charge in [0.05, 0.1) is 6.42 Å². The fourth-order valence-electron chi connectivity index (χ4n) is 3.26. The second-order valence-electron chi connectivity index (χ2n) is 8.49. The average Bonchev–Trinajstić information content (AvgIpc) is 2.75. The van der Waals surface area contributed by atoms with Gasteiger partial charge in [-0.1, -0.05) is 27.7 Å². The van der Waals surface area contributed by atoms with Crippen molar-refractivity contribution in [2.45, 2.75) is 52.5 Å². The molecule has 5 nitrogen and oxygen atoms in total. The second kappa shape index (κ2) is 7.25. The summed E-state index contributed by atoms with van der Waals surface area (Å²) in [5.74, 6) is -0.881. The van der Waals surface area contributed by atoms with Gasteiger partial charge in [-0.3, -0.25) is 9.59 Å². The van der Waals surface area contributed by atoms with Crippen molar-refractivity contribution < 1.29 is 14.0 Å². The van der Waals surface area contributed by atoms with E-state index in [9.17, 15) is 14.0 Å². The molecule has 1 aromatic rings. The summed E-state index contributed by atoms with van der Waals surface area (Å²) in [5.41, 5.74) is 6.44. The molecule has 3 N–H and O–H groups in total. The van der Waals surface area contributed by atoms with Gasteiger partial charge in [-0.25, -0.2) is 4.39 Å². The Hall–Kier alpha value is -2.11. The molecular weight excluding hydrogens is 333 g/mol. The smallest absolute Gasteiger partial charge is 0.224 e. The molecule has 0 saturated heterocycles. The van der Waals surface area contributed by atoms with Gasteiger partial charge in [-0.15, -0.1) is 0 Å². The summed E-state index contributed by atoms with van der Waals surface area (Å²) >= 11 is 0. The number of carbonyl (C=O) groups excluding carboxylic acids is 2. The second-order valence-corrected chi connectivity index (χ2v) is 8.49. The molecule has 0 aliphatic carbocycles. The molecule has 0 aromatic heterocycles. The van der Waals surface area contributed by atoms with Crippen molar-refractivity contribution in [2.75, 3.05) is 18.0 Å². The molecule has 0 unspecified atom stereocenters. The third-order valence-electron chi connectivity index (χ3n) is 4.96. The highest BCUT2D eigenvalue weighted by Crippen LogP contribution is 2.40. The number of anilines is 1. The first-order valence-electron chi connectivity index (χ1n) is 8.91. The van der Waals surface area contributed by atoms with Crippen molar-refractivity contribution in [1.82, 2.24) is 5.32 Å². The molecule has 1 radical (unpaired) electrons. The van der Waals surface area contributed by atoms with E-state index in [1.165, 1.54) is 12.5 Å². The number of nitrogens with zero attached hydrogens (tertiary/aromatic N) is 1. The van der Waals surface area contributed by atoms with Gasteiger partial charge >= 0.3 is 0 Å². The number of hydrogen-bond acceptors (Lipinski definition) is 3. The molecule has 1 atom stereocenters. The number of carbonyl (C=O) groups is 2. The summed E-state index contributed by atoms with van der Waals surface area (Å²) in [6.07, 6.45) is 1.76. The first-order valence-corrected chi connectivity index (χ1v) is 8.91. The lowest BCUT2D eigenvalue weighted by atomic mass is 9.87. The van der Waals surface area contributed by atoms with Gasteiger partial charge in [-0.2, -0.15) is 0 Å². The summed E-state index contributed by atoms with van der Waals surface area (Å²) in [4.78, 5) is 25.6. The number of nitrogens with two attached hydrogens (primary N) is 1. The highest BCUT2D eigenvalue weighted by Gasteiger charge is 2.36. The van der Waals surface area contributed by atoms with Crippen LogP contribution in [0.1, 0.15) is 46.6 Å². The van der Waals surface area contributed by atoms with E-state index < -0.39 is 11.3 Å². The lowest BCUT2D eigenvalue weighted by Crippen LogP contribution is -2.43. The first-order chi connectivity index (χ1) is 11.9. The van der Waals surface area contributed by atoms with Crippen LogP contribution in [-0.2, 0) is 15.0 Å². The van der Waals surface area contributed by atoms with Crippen LogP contribution in [0.15, 0.2) is 18.2 Å². The number of halogens is 1. The summed E-state index contributed by atoms with van der Waals surface area (Å²) in [5, 5.41) is 2.93. The fraction of sp³-hybridized carbons (Fsp3) is 0.550. The largest absolute Gasteiger partial charge is 0.369 e. The number of rotatable bonds is 7. The lowest BCUT2D eigenvalue weighted by Gasteiger charge is -2.26. The highest BCUT2D eigenvalue weighted by atomic mass is 19.1. The highest BCUT2D eigenvalue weighted by molar-refractivity contribution is 5.87. The Balaban J connectivity index is 1.94. The maximum absolute atomic E-state index is 13.6. The minimum absolute atomic E-state index is 0.0951. The van der Waals surface area contributed by atoms with E-state index in [2.05, 4.69) is 24.1 Å². The van der Waals surface area contributed by atoms with Crippen LogP contribution in [-0.4, -0.2) is 30.9 Å². The molecule has 0 spiro atoms. The van der Waals surface area contributed by atoms with Gasteiger partial charge in [0.25, 0.3) is 0 Å². The molecule has 0 fully saturated rings. The fourth-order valence-corrected chi connectivity index (χ4v) is 3.26. The summed E-state index contributed by atoms with van der Waals surface area (Å²) in [6, 6.07) is 4.77. The molecule has 1 aliphatic rings. The van der Waals surface area contributed by atoms with E-state index in [1.54, 1.807) is 26.0 Å². The van der Waals surface area contributed by atoms with Crippen LogP contribution in [0.2, 0.25) is 0 Å². The predicted molar refractivity (Wildman–Crippen MR) is 101 cm³/mol. The van der Waals surface area contributed by atoms with Crippen LogP contribution in [0.4, 0.5) is 10.1 Å². The van der Waals surface area contributed by atoms with Crippen molar-refractivity contribution >= 4 is 17.5 Å². The topological polar surface area (TPSA) is 75.4 Å². The van der Waals surface area contributed by atoms with Crippen LogP contribution < -0.4 is 16.0 Å². The zero-order chi connectivity index (χ0) is 19.7. The third-order valence-corrected chi connectivity index (χ3v) is 4.96. The number of nitrogens with one attached hydrogen (secondary N) is 1. The molecule has 6 heteroatoms. The minimum Gasteiger partial charge on any atom is -0.369 e. The van der Waals surface area contributed by atoms with Gasteiger partial charge in [0.15, 0.2) is 0 Å². The Bertz CT molecular complexity index is 700. The molecule has 26 heavy (non-hydrogen) atoms. The number of hydrogen-bond donors (Lipinski definition) is 2. The first kappa shape index (κ1) is 20.2. The molecule has 143 valence electrons. The van der Waals surface area contributed by atoms with E-state index >= 15 is 0 Å². The Morgan fingerprint density at radius 1 is 1.42 bits per heavy atom. The van der Waals surface area contributed by atoms with Gasteiger partial charge in [-0.05, 0) is 37.1 Å². The maximum atomic E-state index is 13.6. The van der Waals surface area contributed by atoms with E-state index in [0.29, 0.717) is 13.0 Å². The summed E-state index contributed by atoms with van der Waals surface area (Å²) < 4.78 is 13.6. The zero-order valence-electron chi connectivity index (χ0n) is 16.2. The van der Waals surface area contributed by atoms with Crippen molar-refractivity contribution in [3.63, 3.8) is 0 Å². The van der Waals surface area contributed by atoms with Crippen LogP contribution in [0.25, 0.3) is 0 Å². The van der Waals surface area contributed by atoms with Crippen LogP contribution >= 0.6 is 0 Å². The van der Waals surface area contributed by atoms with E-state index in [4.69, 9.17) is 5.73 Å². The molecule has 2 amide bonds. The van der Waals surface area contributed by atoms with Gasteiger partial charge in [0, 0.05) is 35.6 Å². The quantitative estimate of drug-likeness (QED) is 0.783. The van der Waals surface area contributed by atoms with E-state index in [0.717, 1.165) is 17.8 Å². The molecular formula is C20H29FN3O2. The Morgan fingerprint density at radius 2 is 2.08 bits per heavy atom. The van der Waals surface area contributed by atoms with Gasteiger partial charge in [0.2, 0.25) is 11.8 Å². The standard InChI is InChI=1S/C20H29FN3O2/c1-13(23-17(25)8-9-19(2,3)18(22)26)11-24-12-20(4,5)15-10-14(21)6-7-16(15)24/h6-8,10,13H,9,11-12H2,1-5H3,(H2,22,26)(H,23,25)/t13-/m0/s1. The van der Waals surface area contributed by atoms with Crippen LogP contribution in [0, 0.1) is 17.7 Å². The van der Waals surface area contributed by atoms with Crippen LogP contribution in [0.3, 0.4) is 0 Å². The number of primary amides is 1. The SMILES string of the molecule is C[C@@H](CN1CC(C)(C)c2cc(F)ccc21)NC(=O)[CH]CC(C)(C)C(N)=O. The Kier molecular flexibility index (Phi) is 5.64. The average molecular weight is 362 g/mol. The van der Waals surface area contributed by atoms with Gasteiger partial charge in [0.1, 0.15) is 5.82 Å². The van der Waals surface area contributed by atoms with Crippen molar-refractivity contribution in [3.8, 4) is 0 Å². The minimum atomic E-state index is -0.747. The number of amides is 2. The molecule has 1 aromatic carbocycles. The van der Waals surface area contributed by atoms with E-state index in [-0.39, 0.29) is 23.2 Å². The Labute approximate surface area is 155 Å². The molecule has 1 heterocycles. The molecule has 1 aliphatic heterocycles. The maximum Gasteiger partial charge on any atom is 0.224 e.